The molecule has 1 heterocycles. The van der Waals surface area contributed by atoms with E-state index in [-0.39, 0.29) is 5.97 Å². The van der Waals surface area contributed by atoms with E-state index < -0.39 is 5.54 Å². The molecule has 4 heteroatoms. The van der Waals surface area contributed by atoms with E-state index >= 15 is 0 Å². The van der Waals surface area contributed by atoms with Gasteiger partial charge in [-0.1, -0.05) is 13.3 Å². The molecule has 2 unspecified atom stereocenters. The standard InChI is InChI=1S/C15H28N2O2/c1-3-12-5-4-9-17(10-8-12)11-15(16,13-6-7-13)14(18)19-2/h12-13H,3-11,16H2,1-2H3. The first-order valence-electron chi connectivity index (χ1n) is 7.69. The van der Waals surface area contributed by atoms with Gasteiger partial charge in [0, 0.05) is 6.54 Å². The molecule has 0 aromatic heterocycles. The minimum Gasteiger partial charge on any atom is -0.468 e. The molecule has 110 valence electrons. The second-order valence-corrected chi connectivity index (χ2v) is 6.29. The van der Waals surface area contributed by atoms with Crippen molar-refractivity contribution in [2.45, 2.75) is 51.0 Å². The Morgan fingerprint density at radius 3 is 2.63 bits per heavy atom. The third kappa shape index (κ3) is 3.48. The highest BCUT2D eigenvalue weighted by molar-refractivity contribution is 5.81. The molecule has 19 heavy (non-hydrogen) atoms. The van der Waals surface area contributed by atoms with E-state index in [9.17, 15) is 4.79 Å². The highest BCUT2D eigenvalue weighted by Crippen LogP contribution is 2.39. The van der Waals surface area contributed by atoms with Crippen LogP contribution >= 0.6 is 0 Å². The van der Waals surface area contributed by atoms with Crippen LogP contribution in [0.5, 0.6) is 0 Å². The molecule has 1 aliphatic heterocycles. The maximum absolute atomic E-state index is 12.0. The largest absolute Gasteiger partial charge is 0.468 e. The van der Waals surface area contributed by atoms with Crippen LogP contribution in [-0.2, 0) is 9.53 Å². The number of hydrogen-bond donors (Lipinski definition) is 1. The minimum atomic E-state index is -0.777. The SMILES string of the molecule is CCC1CCCN(CC(N)(C(=O)OC)C2CC2)CC1. The summed E-state index contributed by atoms with van der Waals surface area (Å²) in [6, 6.07) is 0. The molecule has 0 amide bonds. The van der Waals surface area contributed by atoms with Gasteiger partial charge in [-0.3, -0.25) is 4.79 Å². The van der Waals surface area contributed by atoms with Crippen LogP contribution in [0.1, 0.15) is 45.4 Å². The Kier molecular flexibility index (Phi) is 4.85. The van der Waals surface area contributed by atoms with Crippen molar-refractivity contribution in [3.05, 3.63) is 0 Å². The minimum absolute atomic E-state index is 0.230. The van der Waals surface area contributed by atoms with Crippen molar-refractivity contribution in [3.8, 4) is 0 Å². The molecular weight excluding hydrogens is 240 g/mol. The van der Waals surface area contributed by atoms with Gasteiger partial charge in [0.25, 0.3) is 0 Å². The Balaban J connectivity index is 1.95. The summed E-state index contributed by atoms with van der Waals surface area (Å²) in [6.07, 6.45) is 7.17. The first-order valence-corrected chi connectivity index (χ1v) is 7.69. The van der Waals surface area contributed by atoms with Crippen LogP contribution < -0.4 is 5.73 Å². The zero-order chi connectivity index (χ0) is 13.9. The van der Waals surface area contributed by atoms with Gasteiger partial charge in [0.15, 0.2) is 0 Å². The van der Waals surface area contributed by atoms with Crippen molar-refractivity contribution in [1.82, 2.24) is 4.90 Å². The summed E-state index contributed by atoms with van der Waals surface area (Å²) in [5.74, 6) is 0.938. The highest BCUT2D eigenvalue weighted by Gasteiger charge is 2.49. The Morgan fingerprint density at radius 1 is 1.32 bits per heavy atom. The van der Waals surface area contributed by atoms with Gasteiger partial charge in [-0.25, -0.2) is 0 Å². The molecule has 1 aliphatic carbocycles. The monoisotopic (exact) mass is 268 g/mol. The average Bonchev–Trinajstić information content (AvgIpc) is 3.24. The van der Waals surface area contributed by atoms with Gasteiger partial charge < -0.3 is 15.4 Å². The summed E-state index contributed by atoms with van der Waals surface area (Å²) < 4.78 is 4.94. The van der Waals surface area contributed by atoms with Crippen molar-refractivity contribution >= 4 is 5.97 Å². The van der Waals surface area contributed by atoms with Crippen molar-refractivity contribution in [1.29, 1.82) is 0 Å². The summed E-state index contributed by atoms with van der Waals surface area (Å²) >= 11 is 0. The molecule has 1 saturated carbocycles. The van der Waals surface area contributed by atoms with E-state index in [0.717, 1.165) is 31.8 Å². The molecule has 2 rings (SSSR count). The summed E-state index contributed by atoms with van der Waals surface area (Å²) in [6.45, 7) is 5.08. The molecular formula is C15H28N2O2. The fourth-order valence-corrected chi connectivity index (χ4v) is 3.31. The maximum atomic E-state index is 12.0. The molecule has 0 radical (unpaired) electrons. The molecule has 2 atom stereocenters. The fourth-order valence-electron chi connectivity index (χ4n) is 3.31. The molecule has 2 fully saturated rings. The van der Waals surface area contributed by atoms with Crippen LogP contribution in [0.2, 0.25) is 0 Å². The smallest absolute Gasteiger partial charge is 0.327 e. The average molecular weight is 268 g/mol. The molecule has 0 spiro atoms. The van der Waals surface area contributed by atoms with Crippen molar-refractivity contribution in [3.63, 3.8) is 0 Å². The summed E-state index contributed by atoms with van der Waals surface area (Å²) in [5, 5.41) is 0. The van der Waals surface area contributed by atoms with Crippen LogP contribution in [0.15, 0.2) is 0 Å². The van der Waals surface area contributed by atoms with Crippen LogP contribution in [-0.4, -0.2) is 43.2 Å². The number of methoxy groups -OCH3 is 1. The molecule has 4 nitrogen and oxygen atoms in total. The van der Waals surface area contributed by atoms with Crippen molar-refractivity contribution < 1.29 is 9.53 Å². The van der Waals surface area contributed by atoms with Crippen LogP contribution in [0.4, 0.5) is 0 Å². The Morgan fingerprint density at radius 2 is 2.05 bits per heavy atom. The highest BCUT2D eigenvalue weighted by atomic mass is 16.5. The van der Waals surface area contributed by atoms with Crippen LogP contribution in [0, 0.1) is 11.8 Å². The van der Waals surface area contributed by atoms with Gasteiger partial charge in [0.05, 0.1) is 7.11 Å². The number of esters is 1. The number of carbonyl (C=O) groups is 1. The first-order chi connectivity index (χ1) is 9.10. The Labute approximate surface area is 116 Å². The van der Waals surface area contributed by atoms with Gasteiger partial charge in [-0.2, -0.15) is 0 Å². The van der Waals surface area contributed by atoms with E-state index in [4.69, 9.17) is 10.5 Å². The topological polar surface area (TPSA) is 55.6 Å². The van der Waals surface area contributed by atoms with Gasteiger partial charge in [0.2, 0.25) is 0 Å². The molecule has 0 bridgehead atoms. The second kappa shape index (κ2) is 6.23. The first kappa shape index (κ1) is 14.8. The van der Waals surface area contributed by atoms with Crippen molar-refractivity contribution in [2.24, 2.45) is 17.6 Å². The van der Waals surface area contributed by atoms with Gasteiger partial charge >= 0.3 is 5.97 Å². The number of rotatable bonds is 5. The molecule has 0 aromatic carbocycles. The summed E-state index contributed by atoms with van der Waals surface area (Å²) in [4.78, 5) is 14.4. The lowest BCUT2D eigenvalue weighted by Gasteiger charge is -2.32. The van der Waals surface area contributed by atoms with E-state index in [1.54, 1.807) is 0 Å². The zero-order valence-electron chi connectivity index (χ0n) is 12.4. The van der Waals surface area contributed by atoms with Crippen molar-refractivity contribution in [2.75, 3.05) is 26.7 Å². The predicted octanol–water partition coefficient (Wildman–Crippen LogP) is 1.78. The maximum Gasteiger partial charge on any atom is 0.327 e. The van der Waals surface area contributed by atoms with E-state index in [1.165, 1.54) is 32.8 Å². The third-order valence-corrected chi connectivity index (χ3v) is 4.87. The van der Waals surface area contributed by atoms with Gasteiger partial charge in [-0.05, 0) is 57.0 Å². The third-order valence-electron chi connectivity index (χ3n) is 4.87. The van der Waals surface area contributed by atoms with E-state index in [0.29, 0.717) is 12.5 Å². The summed E-state index contributed by atoms with van der Waals surface area (Å²) in [7, 11) is 1.45. The van der Waals surface area contributed by atoms with Gasteiger partial charge in [-0.15, -0.1) is 0 Å². The molecule has 2 aliphatic rings. The quantitative estimate of drug-likeness (QED) is 0.772. The number of carbonyl (C=O) groups excluding carboxylic acids is 1. The lowest BCUT2D eigenvalue weighted by Crippen LogP contribution is -2.58. The number of nitrogens with zero attached hydrogens (tertiary/aromatic N) is 1. The number of ether oxygens (including phenoxy) is 1. The Hall–Kier alpha value is -0.610. The Bertz CT molecular complexity index is 317. The number of nitrogens with two attached hydrogens (primary N) is 1. The molecule has 1 saturated heterocycles. The number of hydrogen-bond acceptors (Lipinski definition) is 4. The van der Waals surface area contributed by atoms with E-state index in [1.807, 2.05) is 0 Å². The zero-order valence-corrected chi connectivity index (χ0v) is 12.4. The van der Waals surface area contributed by atoms with E-state index in [2.05, 4.69) is 11.8 Å². The predicted molar refractivity (Wildman–Crippen MR) is 75.7 cm³/mol. The van der Waals surface area contributed by atoms with Crippen LogP contribution in [0.3, 0.4) is 0 Å². The van der Waals surface area contributed by atoms with Gasteiger partial charge in [0.1, 0.15) is 5.54 Å². The lowest BCUT2D eigenvalue weighted by molar-refractivity contribution is -0.148. The summed E-state index contributed by atoms with van der Waals surface area (Å²) in [5.41, 5.74) is 5.61. The second-order valence-electron chi connectivity index (χ2n) is 6.29. The molecule has 2 N–H and O–H groups in total. The van der Waals surface area contributed by atoms with Crippen LogP contribution in [0.25, 0.3) is 0 Å². The molecule has 0 aromatic rings. The fraction of sp³-hybridized carbons (Fsp3) is 0.933. The lowest BCUT2D eigenvalue weighted by atomic mass is 9.93. The normalized spacial score (nSPS) is 28.5. The number of likely N-dealkylation sites (tertiary alicyclic amines) is 1.